The Morgan fingerprint density at radius 2 is 1.79 bits per heavy atom. The summed E-state index contributed by atoms with van der Waals surface area (Å²) < 4.78 is 22.6. The number of hydrogen-bond donors (Lipinski definition) is 0. The van der Waals surface area contributed by atoms with E-state index in [0.29, 0.717) is 43.4 Å². The molecular weight excluding hydrogens is 488 g/mol. The monoisotopic (exact) mass is 518 g/mol. The quantitative estimate of drug-likeness (QED) is 0.488. The van der Waals surface area contributed by atoms with Crippen LogP contribution in [0.2, 0.25) is 0 Å². The third-order valence-corrected chi connectivity index (χ3v) is 6.79. The molecule has 1 atom stereocenters. The molecule has 6 rings (SSSR count). The van der Waals surface area contributed by atoms with Gasteiger partial charge in [-0.2, -0.15) is 0 Å². The molecule has 38 heavy (non-hydrogen) atoms. The minimum atomic E-state index is -0.380. The largest absolute Gasteiger partial charge is 0.493 e. The van der Waals surface area contributed by atoms with Gasteiger partial charge in [0.25, 0.3) is 5.91 Å². The van der Waals surface area contributed by atoms with E-state index in [2.05, 4.69) is 9.97 Å². The standard InChI is InChI=1S/C28H30N4O6/c1-35-24-15-20-7-10-32-26(33)18-31(28(34)23-17-29-8-9-30-23)11-12-37-13-14-38-21-5-3-19(4-6-21)27(32)22(20)16-25(24)36-2/h3-6,8-9,15-17,27H,7,10-14,18H2,1-2H3. The number of carbonyl (C=O) groups excluding carboxylic acids is 2. The molecule has 2 aromatic carbocycles. The van der Waals surface area contributed by atoms with Crippen molar-refractivity contribution in [1.82, 2.24) is 19.8 Å². The van der Waals surface area contributed by atoms with E-state index in [1.54, 1.807) is 14.2 Å². The molecule has 3 aromatic rings. The molecule has 1 aromatic heterocycles. The Bertz CT molecular complexity index is 1280. The van der Waals surface area contributed by atoms with E-state index < -0.39 is 0 Å². The maximum atomic E-state index is 13.9. The molecule has 0 N–H and O–H groups in total. The maximum Gasteiger partial charge on any atom is 0.274 e. The molecule has 0 saturated heterocycles. The first-order valence-corrected chi connectivity index (χ1v) is 12.5. The lowest BCUT2D eigenvalue weighted by atomic mass is 9.87. The summed E-state index contributed by atoms with van der Waals surface area (Å²) in [6.45, 7) is 1.56. The maximum absolute atomic E-state index is 13.9. The minimum absolute atomic E-state index is 0.119. The number of nitrogens with zero attached hydrogens (tertiary/aromatic N) is 4. The van der Waals surface area contributed by atoms with Crippen LogP contribution in [0, 0.1) is 0 Å². The van der Waals surface area contributed by atoms with E-state index in [1.807, 2.05) is 41.3 Å². The van der Waals surface area contributed by atoms with Crippen LogP contribution in [0.5, 0.6) is 17.2 Å². The van der Waals surface area contributed by atoms with Crippen LogP contribution in [0.4, 0.5) is 0 Å². The van der Waals surface area contributed by atoms with Gasteiger partial charge < -0.3 is 28.7 Å². The number of amides is 2. The molecule has 4 heterocycles. The highest BCUT2D eigenvalue weighted by atomic mass is 16.5. The molecule has 198 valence electrons. The fourth-order valence-electron chi connectivity index (χ4n) is 4.89. The lowest BCUT2D eigenvalue weighted by Crippen LogP contribution is -2.47. The fraction of sp³-hybridized carbons (Fsp3) is 0.357. The fourth-order valence-corrected chi connectivity index (χ4v) is 4.89. The summed E-state index contributed by atoms with van der Waals surface area (Å²) in [6, 6.07) is 11.3. The molecule has 2 bridgehead atoms. The van der Waals surface area contributed by atoms with Gasteiger partial charge in [-0.3, -0.25) is 14.6 Å². The first-order chi connectivity index (χ1) is 18.6. The number of aromatic nitrogens is 2. The highest BCUT2D eigenvalue weighted by molar-refractivity contribution is 5.94. The van der Waals surface area contributed by atoms with Crippen molar-refractivity contribution in [2.75, 3.05) is 53.7 Å². The molecular formula is C28H30N4O6. The van der Waals surface area contributed by atoms with Gasteiger partial charge in [0, 0.05) is 25.5 Å². The van der Waals surface area contributed by atoms with Gasteiger partial charge in [0.1, 0.15) is 24.6 Å². The number of fused-ring (bicyclic) bond motifs is 11. The molecule has 0 radical (unpaired) electrons. The number of benzene rings is 2. The van der Waals surface area contributed by atoms with Crippen molar-refractivity contribution >= 4 is 11.8 Å². The average Bonchev–Trinajstić information content (AvgIpc) is 2.97. The minimum Gasteiger partial charge on any atom is -0.493 e. The predicted octanol–water partition coefficient (Wildman–Crippen LogP) is 2.52. The van der Waals surface area contributed by atoms with E-state index in [4.69, 9.17) is 18.9 Å². The summed E-state index contributed by atoms with van der Waals surface area (Å²) in [5.74, 6) is 1.40. The van der Waals surface area contributed by atoms with E-state index in [0.717, 1.165) is 16.7 Å². The van der Waals surface area contributed by atoms with Crippen LogP contribution in [-0.4, -0.2) is 85.3 Å². The summed E-state index contributed by atoms with van der Waals surface area (Å²) in [5, 5.41) is 0. The SMILES string of the molecule is COc1cc2c(cc1OC)C1c3ccc(cc3)OCCOCCN(C(=O)c3cnccn3)CC(=O)N1CC2. The lowest BCUT2D eigenvalue weighted by molar-refractivity contribution is -0.134. The summed E-state index contributed by atoms with van der Waals surface area (Å²) in [5.41, 5.74) is 3.14. The summed E-state index contributed by atoms with van der Waals surface area (Å²) in [4.78, 5) is 38.6. The Morgan fingerprint density at radius 1 is 1.00 bits per heavy atom. The number of rotatable bonds is 3. The van der Waals surface area contributed by atoms with Crippen molar-refractivity contribution in [3.05, 3.63) is 77.4 Å². The number of methoxy groups -OCH3 is 2. The van der Waals surface area contributed by atoms with Crippen LogP contribution in [0.25, 0.3) is 0 Å². The second-order valence-corrected chi connectivity index (χ2v) is 8.99. The van der Waals surface area contributed by atoms with E-state index in [-0.39, 0.29) is 43.2 Å². The van der Waals surface area contributed by atoms with Crippen LogP contribution in [0.1, 0.15) is 33.2 Å². The van der Waals surface area contributed by atoms with Crippen molar-refractivity contribution in [2.24, 2.45) is 0 Å². The first kappa shape index (κ1) is 25.5. The van der Waals surface area contributed by atoms with Gasteiger partial charge in [0.15, 0.2) is 11.5 Å². The van der Waals surface area contributed by atoms with Gasteiger partial charge in [-0.05, 0) is 47.4 Å². The van der Waals surface area contributed by atoms with Gasteiger partial charge in [-0.15, -0.1) is 0 Å². The zero-order valence-corrected chi connectivity index (χ0v) is 21.5. The second-order valence-electron chi connectivity index (χ2n) is 8.99. The molecule has 1 unspecified atom stereocenters. The van der Waals surface area contributed by atoms with Crippen LogP contribution in [0.15, 0.2) is 55.0 Å². The van der Waals surface area contributed by atoms with Crippen LogP contribution in [0.3, 0.4) is 0 Å². The summed E-state index contributed by atoms with van der Waals surface area (Å²) >= 11 is 0. The molecule has 10 heteroatoms. The summed E-state index contributed by atoms with van der Waals surface area (Å²) in [6.07, 6.45) is 5.00. The van der Waals surface area contributed by atoms with E-state index in [1.165, 1.54) is 23.5 Å². The van der Waals surface area contributed by atoms with Crippen molar-refractivity contribution in [2.45, 2.75) is 12.5 Å². The number of hydrogen-bond acceptors (Lipinski definition) is 8. The number of carbonyl (C=O) groups is 2. The molecule has 0 aliphatic carbocycles. The number of ether oxygens (including phenoxy) is 4. The third-order valence-electron chi connectivity index (χ3n) is 6.79. The lowest BCUT2D eigenvalue weighted by Gasteiger charge is -2.39. The molecule has 10 nitrogen and oxygen atoms in total. The van der Waals surface area contributed by atoms with Crippen molar-refractivity contribution in [3.63, 3.8) is 0 Å². The van der Waals surface area contributed by atoms with Crippen LogP contribution < -0.4 is 14.2 Å². The molecule has 0 spiro atoms. The Balaban J connectivity index is 1.54. The van der Waals surface area contributed by atoms with Gasteiger partial charge in [-0.1, -0.05) is 12.1 Å². The molecule has 2 amide bonds. The van der Waals surface area contributed by atoms with E-state index in [9.17, 15) is 9.59 Å². The van der Waals surface area contributed by atoms with Gasteiger partial charge in [-0.25, -0.2) is 4.98 Å². The first-order valence-electron chi connectivity index (χ1n) is 12.5. The topological polar surface area (TPSA) is 103 Å². The second kappa shape index (κ2) is 11.5. The normalized spacial score (nSPS) is 17.9. The van der Waals surface area contributed by atoms with Crippen molar-refractivity contribution in [1.29, 1.82) is 0 Å². The van der Waals surface area contributed by atoms with E-state index >= 15 is 0 Å². The zero-order valence-electron chi connectivity index (χ0n) is 21.5. The Hall–Kier alpha value is -4.18. The highest BCUT2D eigenvalue weighted by Gasteiger charge is 2.35. The Kier molecular flexibility index (Phi) is 7.69. The smallest absolute Gasteiger partial charge is 0.274 e. The Labute approximate surface area is 221 Å². The predicted molar refractivity (Wildman–Crippen MR) is 137 cm³/mol. The average molecular weight is 519 g/mol. The van der Waals surface area contributed by atoms with Gasteiger partial charge >= 0.3 is 0 Å². The van der Waals surface area contributed by atoms with Crippen LogP contribution in [-0.2, 0) is 16.0 Å². The molecule has 0 fully saturated rings. The van der Waals surface area contributed by atoms with Crippen molar-refractivity contribution in [3.8, 4) is 17.2 Å². The highest BCUT2D eigenvalue weighted by Crippen LogP contribution is 2.41. The van der Waals surface area contributed by atoms with Gasteiger partial charge in [0.05, 0.1) is 39.7 Å². The zero-order chi connectivity index (χ0) is 26.5. The summed E-state index contributed by atoms with van der Waals surface area (Å²) in [7, 11) is 3.20. The Morgan fingerprint density at radius 3 is 2.53 bits per heavy atom. The molecule has 0 saturated carbocycles. The molecule has 3 aliphatic heterocycles. The van der Waals surface area contributed by atoms with Crippen molar-refractivity contribution < 1.29 is 28.5 Å². The third kappa shape index (κ3) is 5.26. The van der Waals surface area contributed by atoms with Crippen LogP contribution >= 0.6 is 0 Å². The van der Waals surface area contributed by atoms with Gasteiger partial charge in [0.2, 0.25) is 5.91 Å². The molecule has 3 aliphatic rings.